The Balaban J connectivity index is 1.69. The van der Waals surface area contributed by atoms with Gasteiger partial charge in [0.05, 0.1) is 0 Å². The molecule has 3 heteroatoms. The van der Waals surface area contributed by atoms with E-state index in [-0.39, 0.29) is 0 Å². The Bertz CT molecular complexity index is 684. The second kappa shape index (κ2) is 6.62. The molecule has 3 aliphatic rings. The summed E-state index contributed by atoms with van der Waals surface area (Å²) < 4.78 is 0. The molecule has 1 aromatic heterocycles. The lowest BCUT2D eigenvalue weighted by Crippen LogP contribution is -2.19. The number of rotatable bonds is 5. The van der Waals surface area contributed by atoms with Gasteiger partial charge in [0.2, 0.25) is 0 Å². The van der Waals surface area contributed by atoms with Crippen LogP contribution in [-0.4, -0.2) is 16.5 Å². The standard InChI is InChI=1S/C21H26O2S/c1-13-14(8-10-17-3-2-12-24-17)9-11-18(19(13)21(22)23)20(15-4-5-15)16-6-7-16/h2-3,8,12,15-16,21-23H,4-7,9-11H2,1H3/b14-8+. The van der Waals surface area contributed by atoms with Crippen LogP contribution in [0.4, 0.5) is 0 Å². The number of aliphatic hydroxyl groups is 2. The third-order valence-corrected chi connectivity index (χ3v) is 6.52. The van der Waals surface area contributed by atoms with Gasteiger partial charge >= 0.3 is 0 Å². The van der Waals surface area contributed by atoms with E-state index in [4.69, 9.17) is 0 Å². The molecule has 4 rings (SSSR count). The molecule has 1 aromatic rings. The summed E-state index contributed by atoms with van der Waals surface area (Å²) in [7, 11) is 0. The molecule has 2 nitrogen and oxygen atoms in total. The first kappa shape index (κ1) is 16.3. The SMILES string of the molecule is CC1=C(C(O)O)C(=C(C2CC2)C2CC2)CC/C1=C\Cc1cccs1. The predicted octanol–water partition coefficient (Wildman–Crippen LogP) is 4.75. The Labute approximate surface area is 148 Å². The highest BCUT2D eigenvalue weighted by Crippen LogP contribution is 2.53. The summed E-state index contributed by atoms with van der Waals surface area (Å²) in [6, 6.07) is 4.25. The van der Waals surface area contributed by atoms with Crippen LogP contribution in [0, 0.1) is 11.8 Å². The van der Waals surface area contributed by atoms with Gasteiger partial charge in [0, 0.05) is 16.9 Å². The average molecular weight is 343 g/mol. The summed E-state index contributed by atoms with van der Waals surface area (Å²) in [6.07, 6.45) is 9.07. The van der Waals surface area contributed by atoms with Crippen LogP contribution >= 0.6 is 11.3 Å². The van der Waals surface area contributed by atoms with Crippen LogP contribution in [0.1, 0.15) is 50.3 Å². The van der Waals surface area contributed by atoms with Crippen molar-refractivity contribution >= 4 is 11.3 Å². The number of thiophene rings is 1. The fraction of sp³-hybridized carbons (Fsp3) is 0.524. The maximum Gasteiger partial charge on any atom is 0.178 e. The lowest BCUT2D eigenvalue weighted by molar-refractivity contribution is -0.00730. The van der Waals surface area contributed by atoms with E-state index in [1.165, 1.54) is 41.7 Å². The van der Waals surface area contributed by atoms with Gasteiger partial charge in [0.25, 0.3) is 0 Å². The van der Waals surface area contributed by atoms with Gasteiger partial charge < -0.3 is 10.2 Å². The number of hydrogen-bond acceptors (Lipinski definition) is 3. The Morgan fingerprint density at radius 1 is 1.21 bits per heavy atom. The molecule has 2 saturated carbocycles. The first-order valence-corrected chi connectivity index (χ1v) is 10.0. The van der Waals surface area contributed by atoms with E-state index in [0.29, 0.717) is 0 Å². The van der Waals surface area contributed by atoms with Crippen molar-refractivity contribution in [2.45, 2.75) is 58.2 Å². The van der Waals surface area contributed by atoms with Crippen LogP contribution in [0.5, 0.6) is 0 Å². The number of hydrogen-bond donors (Lipinski definition) is 2. The van der Waals surface area contributed by atoms with Crippen molar-refractivity contribution < 1.29 is 10.2 Å². The van der Waals surface area contributed by atoms with E-state index in [2.05, 4.69) is 30.5 Å². The fourth-order valence-corrected chi connectivity index (χ4v) is 4.82. The van der Waals surface area contributed by atoms with Crippen molar-refractivity contribution in [1.29, 1.82) is 0 Å². The minimum Gasteiger partial charge on any atom is -0.364 e. The van der Waals surface area contributed by atoms with Crippen LogP contribution in [0.25, 0.3) is 0 Å². The molecule has 0 amide bonds. The molecule has 0 aromatic carbocycles. The Hall–Kier alpha value is -1.16. The smallest absolute Gasteiger partial charge is 0.178 e. The Morgan fingerprint density at radius 3 is 2.46 bits per heavy atom. The molecule has 0 atom stereocenters. The monoisotopic (exact) mass is 342 g/mol. The van der Waals surface area contributed by atoms with E-state index >= 15 is 0 Å². The molecule has 3 aliphatic carbocycles. The van der Waals surface area contributed by atoms with Gasteiger partial charge in [-0.15, -0.1) is 11.3 Å². The van der Waals surface area contributed by atoms with Crippen LogP contribution in [0.2, 0.25) is 0 Å². The van der Waals surface area contributed by atoms with E-state index < -0.39 is 6.29 Å². The van der Waals surface area contributed by atoms with E-state index in [0.717, 1.165) is 42.2 Å². The number of aliphatic hydroxyl groups excluding tert-OH is 1. The lowest BCUT2D eigenvalue weighted by atomic mass is 9.79. The highest BCUT2D eigenvalue weighted by atomic mass is 32.1. The predicted molar refractivity (Wildman–Crippen MR) is 98.7 cm³/mol. The minimum atomic E-state index is -1.35. The zero-order valence-corrected chi connectivity index (χ0v) is 15.1. The zero-order chi connectivity index (χ0) is 16.7. The molecule has 0 unspecified atom stereocenters. The Kier molecular flexibility index (Phi) is 4.50. The van der Waals surface area contributed by atoms with Gasteiger partial charge in [0.1, 0.15) is 0 Å². The van der Waals surface area contributed by atoms with Crippen LogP contribution in [-0.2, 0) is 6.42 Å². The quantitative estimate of drug-likeness (QED) is 0.758. The molecule has 2 fully saturated rings. The molecular weight excluding hydrogens is 316 g/mol. The van der Waals surface area contributed by atoms with Crippen molar-refractivity contribution in [3.63, 3.8) is 0 Å². The third-order valence-electron chi connectivity index (χ3n) is 5.63. The second-order valence-corrected chi connectivity index (χ2v) is 8.44. The summed E-state index contributed by atoms with van der Waals surface area (Å²) in [4.78, 5) is 1.36. The maximum absolute atomic E-state index is 10.1. The molecule has 1 heterocycles. The van der Waals surface area contributed by atoms with Crippen molar-refractivity contribution in [2.24, 2.45) is 11.8 Å². The van der Waals surface area contributed by atoms with Crippen molar-refractivity contribution in [3.8, 4) is 0 Å². The highest BCUT2D eigenvalue weighted by Gasteiger charge is 2.40. The zero-order valence-electron chi connectivity index (χ0n) is 14.3. The summed E-state index contributed by atoms with van der Waals surface area (Å²) in [5.41, 5.74) is 6.07. The van der Waals surface area contributed by atoms with Crippen LogP contribution in [0.15, 0.2) is 51.5 Å². The Morgan fingerprint density at radius 2 is 1.92 bits per heavy atom. The highest BCUT2D eigenvalue weighted by molar-refractivity contribution is 7.09. The molecule has 24 heavy (non-hydrogen) atoms. The summed E-state index contributed by atoms with van der Waals surface area (Å²) in [5.74, 6) is 1.45. The van der Waals surface area contributed by atoms with Gasteiger partial charge in [-0.3, -0.25) is 0 Å². The molecule has 128 valence electrons. The van der Waals surface area contributed by atoms with Gasteiger partial charge in [-0.1, -0.05) is 17.7 Å². The van der Waals surface area contributed by atoms with Gasteiger partial charge in [-0.05, 0) is 85.5 Å². The van der Waals surface area contributed by atoms with Gasteiger partial charge in [-0.2, -0.15) is 0 Å². The summed E-state index contributed by atoms with van der Waals surface area (Å²) >= 11 is 1.78. The molecule has 0 radical (unpaired) electrons. The molecular formula is C21H26O2S. The lowest BCUT2D eigenvalue weighted by Gasteiger charge is -2.28. The van der Waals surface area contributed by atoms with E-state index in [1.807, 2.05) is 0 Å². The molecule has 0 spiro atoms. The van der Waals surface area contributed by atoms with Crippen molar-refractivity contribution in [1.82, 2.24) is 0 Å². The third kappa shape index (κ3) is 3.30. The fourth-order valence-electron chi connectivity index (χ4n) is 4.15. The van der Waals surface area contributed by atoms with Crippen LogP contribution < -0.4 is 0 Å². The van der Waals surface area contributed by atoms with Crippen LogP contribution in [0.3, 0.4) is 0 Å². The summed E-state index contributed by atoms with van der Waals surface area (Å²) in [5, 5.41) is 22.3. The number of allylic oxidation sites excluding steroid dienone is 4. The van der Waals surface area contributed by atoms with E-state index in [1.54, 1.807) is 16.9 Å². The average Bonchev–Trinajstić information content (AvgIpc) is 3.48. The van der Waals surface area contributed by atoms with E-state index in [9.17, 15) is 10.2 Å². The van der Waals surface area contributed by atoms with Crippen molar-refractivity contribution in [3.05, 3.63) is 56.3 Å². The second-order valence-electron chi connectivity index (χ2n) is 7.41. The van der Waals surface area contributed by atoms with Gasteiger partial charge in [-0.25, -0.2) is 0 Å². The molecule has 0 bridgehead atoms. The maximum atomic E-state index is 10.1. The minimum absolute atomic E-state index is 0.727. The largest absolute Gasteiger partial charge is 0.364 e. The molecule has 0 saturated heterocycles. The first-order chi connectivity index (χ1) is 11.6. The normalized spacial score (nSPS) is 23.5. The first-order valence-electron chi connectivity index (χ1n) is 9.17. The molecule has 0 aliphatic heterocycles. The van der Waals surface area contributed by atoms with Gasteiger partial charge in [0.15, 0.2) is 6.29 Å². The topological polar surface area (TPSA) is 40.5 Å². The molecule has 2 N–H and O–H groups in total. The summed E-state index contributed by atoms with van der Waals surface area (Å²) in [6.45, 7) is 2.08. The van der Waals surface area contributed by atoms with Crippen molar-refractivity contribution in [2.75, 3.05) is 0 Å².